The third-order valence-electron chi connectivity index (χ3n) is 4.40. The van der Waals surface area contributed by atoms with Crippen LogP contribution in [0.3, 0.4) is 0 Å². The lowest BCUT2D eigenvalue weighted by Gasteiger charge is -2.12. The molecule has 0 saturated carbocycles. The van der Waals surface area contributed by atoms with E-state index in [2.05, 4.69) is 15.3 Å². The fourth-order valence-corrected chi connectivity index (χ4v) is 4.37. The van der Waals surface area contributed by atoms with Crippen LogP contribution < -0.4 is 5.32 Å². The number of nitrogens with one attached hydrogen (secondary N) is 2. The number of nitrogens with zero attached hydrogens (tertiary/aromatic N) is 3. The second-order valence-electron chi connectivity index (χ2n) is 6.02. The molecule has 4 aromatic rings. The van der Waals surface area contributed by atoms with Gasteiger partial charge in [0.15, 0.2) is 5.82 Å². The molecule has 5 rings (SSSR count). The van der Waals surface area contributed by atoms with Crippen LogP contribution in [0, 0.1) is 0 Å². The van der Waals surface area contributed by atoms with Gasteiger partial charge in [-0.2, -0.15) is 11.8 Å². The van der Waals surface area contributed by atoms with Crippen LogP contribution in [0.15, 0.2) is 48.8 Å². The number of H-pyrrole nitrogens is 1. The Bertz CT molecular complexity index is 1120. The molecule has 5 nitrogen and oxygen atoms in total. The maximum Gasteiger partial charge on any atom is 0.163 e. The third kappa shape index (κ3) is 2.62. The van der Waals surface area contributed by atoms with E-state index in [0.717, 1.165) is 50.9 Å². The van der Waals surface area contributed by atoms with Gasteiger partial charge in [0, 0.05) is 40.4 Å². The van der Waals surface area contributed by atoms with E-state index in [4.69, 9.17) is 21.6 Å². The van der Waals surface area contributed by atoms with Gasteiger partial charge < -0.3 is 10.3 Å². The Morgan fingerprint density at radius 2 is 2.00 bits per heavy atom. The Labute approximate surface area is 159 Å². The summed E-state index contributed by atoms with van der Waals surface area (Å²) in [6.07, 6.45) is 3.70. The first kappa shape index (κ1) is 15.7. The van der Waals surface area contributed by atoms with Gasteiger partial charge in [-0.1, -0.05) is 23.7 Å². The highest BCUT2D eigenvalue weighted by Gasteiger charge is 2.22. The molecule has 26 heavy (non-hydrogen) atoms. The molecule has 0 atom stereocenters. The van der Waals surface area contributed by atoms with E-state index in [9.17, 15) is 0 Å². The van der Waals surface area contributed by atoms with E-state index in [1.165, 1.54) is 0 Å². The van der Waals surface area contributed by atoms with Crippen LogP contribution in [0.1, 0.15) is 11.3 Å². The fourth-order valence-electron chi connectivity index (χ4n) is 3.10. The third-order valence-corrected chi connectivity index (χ3v) is 5.70. The van der Waals surface area contributed by atoms with E-state index in [-0.39, 0.29) is 0 Å². The molecule has 1 aromatic carbocycles. The van der Waals surface area contributed by atoms with Gasteiger partial charge >= 0.3 is 0 Å². The minimum atomic E-state index is 0.650. The molecule has 3 aromatic heterocycles. The van der Waals surface area contributed by atoms with Gasteiger partial charge in [-0.05, 0) is 24.3 Å². The number of fused-ring (bicyclic) bond motifs is 2. The first-order valence-corrected chi connectivity index (χ1v) is 9.74. The standard InChI is InChI=1S/C19H14ClN5S/c20-14-6-2-1-4-11(14)18-24-16-10-26-9-13(16)19(25-18)23-15-8-22-17-12(15)5-3-7-21-17/h1-8H,9-10H2,(H,21,22)(H,23,24,25). The molecule has 0 aliphatic carbocycles. The normalized spacial score (nSPS) is 13.1. The Kier molecular flexibility index (Phi) is 3.80. The minimum Gasteiger partial charge on any atom is -0.344 e. The molecule has 0 amide bonds. The lowest BCUT2D eigenvalue weighted by Crippen LogP contribution is -2.03. The van der Waals surface area contributed by atoms with Crippen LogP contribution in [0.5, 0.6) is 0 Å². The van der Waals surface area contributed by atoms with Crippen molar-refractivity contribution >= 4 is 45.9 Å². The van der Waals surface area contributed by atoms with Crippen molar-refractivity contribution in [2.24, 2.45) is 0 Å². The van der Waals surface area contributed by atoms with E-state index < -0.39 is 0 Å². The zero-order valence-electron chi connectivity index (χ0n) is 13.7. The molecule has 0 unspecified atom stereocenters. The number of anilines is 2. The molecule has 2 N–H and O–H groups in total. The lowest BCUT2D eigenvalue weighted by atomic mass is 10.2. The summed E-state index contributed by atoms with van der Waals surface area (Å²) in [6, 6.07) is 11.6. The molecule has 1 aliphatic heterocycles. The second-order valence-corrected chi connectivity index (χ2v) is 7.41. The average Bonchev–Trinajstić information content (AvgIpc) is 3.29. The summed E-state index contributed by atoms with van der Waals surface area (Å²) in [6.45, 7) is 0. The predicted molar refractivity (Wildman–Crippen MR) is 107 cm³/mol. The van der Waals surface area contributed by atoms with Crippen molar-refractivity contribution in [2.45, 2.75) is 11.5 Å². The average molecular weight is 380 g/mol. The second kappa shape index (κ2) is 6.30. The fraction of sp³-hybridized carbons (Fsp3) is 0.105. The predicted octanol–water partition coefficient (Wildman–Crippen LogP) is 5.16. The van der Waals surface area contributed by atoms with Gasteiger partial charge in [0.1, 0.15) is 11.5 Å². The van der Waals surface area contributed by atoms with Gasteiger partial charge in [-0.15, -0.1) is 0 Å². The van der Waals surface area contributed by atoms with Crippen LogP contribution in [0.25, 0.3) is 22.4 Å². The number of pyridine rings is 1. The Balaban J connectivity index is 1.63. The zero-order valence-corrected chi connectivity index (χ0v) is 15.2. The zero-order chi connectivity index (χ0) is 17.5. The van der Waals surface area contributed by atoms with Gasteiger partial charge in [0.05, 0.1) is 16.4 Å². The maximum atomic E-state index is 6.36. The summed E-state index contributed by atoms with van der Waals surface area (Å²) in [5.74, 6) is 3.28. The van der Waals surface area contributed by atoms with Crippen LogP contribution in [0.2, 0.25) is 5.02 Å². The largest absolute Gasteiger partial charge is 0.344 e. The van der Waals surface area contributed by atoms with Crippen molar-refractivity contribution in [3.05, 3.63) is 65.1 Å². The van der Waals surface area contributed by atoms with Crippen molar-refractivity contribution in [1.82, 2.24) is 19.9 Å². The first-order chi connectivity index (χ1) is 12.8. The highest BCUT2D eigenvalue weighted by molar-refractivity contribution is 7.98. The number of hydrogen-bond acceptors (Lipinski definition) is 5. The van der Waals surface area contributed by atoms with Crippen molar-refractivity contribution in [3.63, 3.8) is 0 Å². The van der Waals surface area contributed by atoms with Crippen molar-refractivity contribution in [3.8, 4) is 11.4 Å². The number of thioether (sulfide) groups is 1. The number of halogens is 1. The number of aromatic nitrogens is 4. The van der Waals surface area contributed by atoms with E-state index in [0.29, 0.717) is 10.8 Å². The molecule has 0 saturated heterocycles. The summed E-state index contributed by atoms with van der Waals surface area (Å²) < 4.78 is 0. The summed E-state index contributed by atoms with van der Waals surface area (Å²) >= 11 is 8.21. The van der Waals surface area contributed by atoms with Crippen LogP contribution in [-0.2, 0) is 11.5 Å². The maximum absolute atomic E-state index is 6.36. The van der Waals surface area contributed by atoms with E-state index in [1.807, 2.05) is 54.4 Å². The molecule has 0 bridgehead atoms. The summed E-state index contributed by atoms with van der Waals surface area (Å²) in [5, 5.41) is 5.16. The molecule has 0 spiro atoms. The van der Waals surface area contributed by atoms with E-state index in [1.54, 1.807) is 6.20 Å². The Morgan fingerprint density at radius 1 is 1.08 bits per heavy atom. The topological polar surface area (TPSA) is 66.5 Å². The Hall–Kier alpha value is -2.57. The smallest absolute Gasteiger partial charge is 0.163 e. The minimum absolute atomic E-state index is 0.650. The van der Waals surface area contributed by atoms with Crippen LogP contribution in [-0.4, -0.2) is 19.9 Å². The molecule has 128 valence electrons. The number of benzene rings is 1. The number of hydrogen-bond donors (Lipinski definition) is 2. The summed E-state index contributed by atoms with van der Waals surface area (Å²) in [5.41, 5.74) is 4.87. The molecular weight excluding hydrogens is 366 g/mol. The van der Waals surface area contributed by atoms with Gasteiger partial charge in [0.2, 0.25) is 0 Å². The first-order valence-electron chi connectivity index (χ1n) is 8.21. The summed E-state index contributed by atoms with van der Waals surface area (Å²) in [4.78, 5) is 17.1. The monoisotopic (exact) mass is 379 g/mol. The molecular formula is C19H14ClN5S. The van der Waals surface area contributed by atoms with Crippen LogP contribution in [0.4, 0.5) is 11.5 Å². The van der Waals surface area contributed by atoms with Gasteiger partial charge in [-0.3, -0.25) is 0 Å². The SMILES string of the molecule is Clc1ccccc1-c1nc2c(c(Nc3c[nH]c4ncccc34)n1)CSC2. The van der Waals surface area contributed by atoms with E-state index >= 15 is 0 Å². The molecule has 4 heterocycles. The van der Waals surface area contributed by atoms with Crippen LogP contribution >= 0.6 is 23.4 Å². The number of aromatic amines is 1. The molecule has 7 heteroatoms. The van der Waals surface area contributed by atoms with Gasteiger partial charge in [0.25, 0.3) is 0 Å². The molecule has 1 aliphatic rings. The van der Waals surface area contributed by atoms with Crippen molar-refractivity contribution in [1.29, 1.82) is 0 Å². The summed E-state index contributed by atoms with van der Waals surface area (Å²) in [7, 11) is 0. The highest BCUT2D eigenvalue weighted by atomic mass is 35.5. The molecule has 0 fully saturated rings. The van der Waals surface area contributed by atoms with Crippen molar-refractivity contribution in [2.75, 3.05) is 5.32 Å². The molecule has 0 radical (unpaired) electrons. The van der Waals surface area contributed by atoms with Crippen molar-refractivity contribution < 1.29 is 0 Å². The highest BCUT2D eigenvalue weighted by Crippen LogP contribution is 2.37. The van der Waals surface area contributed by atoms with Gasteiger partial charge in [-0.25, -0.2) is 15.0 Å². The quantitative estimate of drug-likeness (QED) is 0.514. The number of rotatable bonds is 3. The Morgan fingerprint density at radius 3 is 2.92 bits per heavy atom. The lowest BCUT2D eigenvalue weighted by molar-refractivity contribution is 1.08.